The van der Waals surface area contributed by atoms with E-state index in [1.165, 1.54) is 5.56 Å². The van der Waals surface area contributed by atoms with Gasteiger partial charge in [-0.3, -0.25) is 4.57 Å². The molecule has 1 atom stereocenters. The molecule has 1 aromatic heterocycles. The first-order valence-electron chi connectivity index (χ1n) is 10.1. The Morgan fingerprint density at radius 3 is 2.22 bits per heavy atom. The van der Waals surface area contributed by atoms with Crippen LogP contribution in [0.15, 0.2) is 72.8 Å². The minimum absolute atomic E-state index is 0.246. The molecule has 160 valence electrons. The molecule has 0 aliphatic heterocycles. The molecule has 1 heterocycles. The van der Waals surface area contributed by atoms with Crippen molar-refractivity contribution in [3.05, 3.63) is 101 Å². The van der Waals surface area contributed by atoms with Gasteiger partial charge in [0.2, 0.25) is 0 Å². The molecule has 0 radical (unpaired) electrons. The summed E-state index contributed by atoms with van der Waals surface area (Å²) < 4.78 is 13.2. The lowest BCUT2D eigenvalue weighted by molar-refractivity contribution is 0.293. The van der Waals surface area contributed by atoms with Crippen molar-refractivity contribution in [1.29, 1.82) is 5.26 Å². The summed E-state index contributed by atoms with van der Waals surface area (Å²) in [6.07, 6.45) is 0. The molecule has 0 spiro atoms. The number of thiol groups is 1. The van der Waals surface area contributed by atoms with Crippen molar-refractivity contribution in [2.45, 2.75) is 18.8 Å². The average molecular weight is 443 g/mol. The van der Waals surface area contributed by atoms with E-state index in [0.717, 1.165) is 22.7 Å². The smallest absolute Gasteiger partial charge is 0.175 e. The van der Waals surface area contributed by atoms with Gasteiger partial charge in [0, 0.05) is 5.69 Å². The molecule has 0 aliphatic rings. The molecular weight excluding hydrogens is 420 g/mol. The Bertz CT molecular complexity index is 1230. The molecule has 3 aromatic carbocycles. The molecule has 0 saturated carbocycles. The molecule has 0 bridgehead atoms. The topological polar surface area (TPSA) is 73.0 Å². The molecule has 1 unspecified atom stereocenters. The van der Waals surface area contributed by atoms with E-state index in [2.05, 4.69) is 16.3 Å². The average Bonchev–Trinajstić information content (AvgIpc) is 3.27. The highest BCUT2D eigenvalue weighted by atomic mass is 32.1. The summed E-state index contributed by atoms with van der Waals surface area (Å²) in [6, 6.07) is 25.0. The third kappa shape index (κ3) is 4.61. The van der Waals surface area contributed by atoms with Crippen LogP contribution in [0.3, 0.4) is 0 Å². The summed E-state index contributed by atoms with van der Waals surface area (Å²) in [7, 11) is 1.63. The lowest BCUT2D eigenvalue weighted by Crippen LogP contribution is -2.10. The van der Waals surface area contributed by atoms with Crippen molar-refractivity contribution in [3.63, 3.8) is 0 Å². The van der Waals surface area contributed by atoms with Crippen molar-refractivity contribution < 1.29 is 9.47 Å². The molecule has 4 aromatic rings. The van der Waals surface area contributed by atoms with Crippen LogP contribution in [0.5, 0.6) is 11.5 Å². The molecule has 0 N–H and O–H groups in total. The Morgan fingerprint density at radius 1 is 0.938 bits per heavy atom. The number of rotatable bonds is 7. The summed E-state index contributed by atoms with van der Waals surface area (Å²) in [4.78, 5) is 0. The highest BCUT2D eigenvalue weighted by Crippen LogP contribution is 2.30. The number of nitrogens with zero attached hydrogens (tertiary/aromatic N) is 4. The van der Waals surface area contributed by atoms with Gasteiger partial charge in [-0.2, -0.15) is 17.9 Å². The van der Waals surface area contributed by atoms with Crippen molar-refractivity contribution in [1.82, 2.24) is 14.8 Å². The van der Waals surface area contributed by atoms with E-state index in [4.69, 9.17) is 27.4 Å². The van der Waals surface area contributed by atoms with Gasteiger partial charge in [0.15, 0.2) is 11.6 Å². The van der Waals surface area contributed by atoms with Crippen LogP contribution in [0, 0.1) is 18.3 Å². The van der Waals surface area contributed by atoms with Crippen LogP contribution in [0.2, 0.25) is 0 Å². The van der Waals surface area contributed by atoms with E-state index >= 15 is 0 Å². The Morgan fingerprint density at radius 2 is 1.59 bits per heavy atom. The Kier molecular flexibility index (Phi) is 6.43. The van der Waals surface area contributed by atoms with Gasteiger partial charge in [-0.15, -0.1) is 10.2 Å². The van der Waals surface area contributed by atoms with Crippen LogP contribution < -0.4 is 9.47 Å². The van der Waals surface area contributed by atoms with Gasteiger partial charge in [-0.05, 0) is 61.0 Å². The fourth-order valence-corrected chi connectivity index (χ4v) is 3.62. The van der Waals surface area contributed by atoms with E-state index in [9.17, 15) is 0 Å². The first-order valence-corrected chi connectivity index (χ1v) is 10.6. The molecule has 0 fully saturated rings. The summed E-state index contributed by atoms with van der Waals surface area (Å²) in [6.45, 7) is 2.28. The molecule has 0 aliphatic carbocycles. The highest BCUT2D eigenvalue weighted by molar-refractivity contribution is 7.80. The van der Waals surface area contributed by atoms with Gasteiger partial charge < -0.3 is 9.47 Å². The number of nitriles is 1. The van der Waals surface area contributed by atoms with E-state index < -0.39 is 0 Å². The zero-order chi connectivity index (χ0) is 22.5. The maximum Gasteiger partial charge on any atom is 0.175 e. The van der Waals surface area contributed by atoms with Crippen LogP contribution in [0.4, 0.5) is 0 Å². The number of hydrogen-bond donors (Lipinski definition) is 1. The molecule has 0 saturated heterocycles. The predicted octanol–water partition coefficient (Wildman–Crippen LogP) is 5.05. The largest absolute Gasteiger partial charge is 0.497 e. The molecule has 7 heteroatoms. The zero-order valence-corrected chi connectivity index (χ0v) is 18.7. The lowest BCUT2D eigenvalue weighted by atomic mass is 10.1. The van der Waals surface area contributed by atoms with Crippen molar-refractivity contribution in [3.8, 4) is 23.3 Å². The maximum atomic E-state index is 9.07. The van der Waals surface area contributed by atoms with Gasteiger partial charge in [0.25, 0.3) is 0 Å². The van der Waals surface area contributed by atoms with Crippen molar-refractivity contribution in [2.24, 2.45) is 0 Å². The minimum atomic E-state index is -0.342. The summed E-state index contributed by atoms with van der Waals surface area (Å²) in [5.74, 6) is 2.83. The van der Waals surface area contributed by atoms with Crippen molar-refractivity contribution >= 4 is 12.6 Å². The van der Waals surface area contributed by atoms with Gasteiger partial charge >= 0.3 is 0 Å². The van der Waals surface area contributed by atoms with E-state index in [-0.39, 0.29) is 11.9 Å². The first kappa shape index (κ1) is 21.5. The first-order chi connectivity index (χ1) is 15.6. The normalized spacial score (nSPS) is 11.6. The van der Waals surface area contributed by atoms with E-state index in [1.807, 2.05) is 72.2 Å². The summed E-state index contributed by atoms with van der Waals surface area (Å²) >= 11 is 4.82. The maximum absolute atomic E-state index is 9.07. The molecular formula is C25H22N4O2S. The number of hydrogen-bond acceptors (Lipinski definition) is 6. The number of aromatic nitrogens is 3. The zero-order valence-electron chi connectivity index (χ0n) is 17.8. The molecule has 32 heavy (non-hydrogen) atoms. The third-order valence-electron chi connectivity index (χ3n) is 5.07. The second-order valence-electron chi connectivity index (χ2n) is 7.25. The van der Waals surface area contributed by atoms with Crippen LogP contribution in [0.25, 0.3) is 5.69 Å². The van der Waals surface area contributed by atoms with E-state index in [0.29, 0.717) is 17.2 Å². The third-order valence-corrected chi connectivity index (χ3v) is 5.60. The quantitative estimate of drug-likeness (QED) is 0.405. The van der Waals surface area contributed by atoms with Crippen LogP contribution in [-0.2, 0) is 6.61 Å². The van der Waals surface area contributed by atoms with Gasteiger partial charge in [0.1, 0.15) is 18.1 Å². The van der Waals surface area contributed by atoms with Crippen LogP contribution in [-0.4, -0.2) is 21.9 Å². The standard InChI is InChI=1S/C25H22N4O2S/c1-17-3-11-22(12-4-17)31-16-23-27-28-25(24(32)19-7-5-18(15-26)6-8-19)29(23)20-9-13-21(30-2)14-10-20/h3-14,24,32H,16H2,1-2H3. The number of benzene rings is 3. The Labute approximate surface area is 192 Å². The molecule has 6 nitrogen and oxygen atoms in total. The Balaban J connectivity index is 1.70. The van der Waals surface area contributed by atoms with Crippen LogP contribution in [0.1, 0.15) is 33.6 Å². The molecule has 4 rings (SSSR count). The predicted molar refractivity (Wildman–Crippen MR) is 125 cm³/mol. The van der Waals surface area contributed by atoms with Gasteiger partial charge in [-0.25, -0.2) is 0 Å². The minimum Gasteiger partial charge on any atom is -0.497 e. The second-order valence-corrected chi connectivity index (χ2v) is 7.76. The fourth-order valence-electron chi connectivity index (χ4n) is 3.28. The van der Waals surface area contributed by atoms with Gasteiger partial charge in [-0.1, -0.05) is 29.8 Å². The summed E-state index contributed by atoms with van der Waals surface area (Å²) in [5.41, 5.74) is 3.56. The highest BCUT2D eigenvalue weighted by Gasteiger charge is 2.22. The fraction of sp³-hybridized carbons (Fsp3) is 0.160. The Hall–Kier alpha value is -3.76. The van der Waals surface area contributed by atoms with Gasteiger partial charge in [0.05, 0.1) is 24.0 Å². The van der Waals surface area contributed by atoms with Crippen LogP contribution >= 0.6 is 12.6 Å². The summed E-state index contributed by atoms with van der Waals surface area (Å²) in [5, 5.41) is 17.6. The SMILES string of the molecule is COc1ccc(-n2c(COc3ccc(C)cc3)nnc2C(S)c2ccc(C#N)cc2)cc1. The number of ether oxygens (including phenoxy) is 2. The van der Waals surface area contributed by atoms with Crippen molar-refractivity contribution in [2.75, 3.05) is 7.11 Å². The van der Waals surface area contributed by atoms with E-state index in [1.54, 1.807) is 19.2 Å². The number of aryl methyl sites for hydroxylation is 1. The molecule has 0 amide bonds. The lowest BCUT2D eigenvalue weighted by Gasteiger charge is -2.16. The monoisotopic (exact) mass is 442 g/mol. The number of methoxy groups -OCH3 is 1. The second kappa shape index (κ2) is 9.58.